The van der Waals surface area contributed by atoms with E-state index in [1.807, 2.05) is 6.92 Å². The standard InChI is InChI=1S/C22H21F3N2O3/c1-3-12-30-17-10-8-14(9-11-17)18-19(21(29)27(4-2)20(18)28)26-16-7-5-6-15(13-16)22(23,24)25/h5-11,13,26H,3-4,12H2,1-2H3. The van der Waals surface area contributed by atoms with E-state index in [0.29, 0.717) is 17.9 Å². The van der Waals surface area contributed by atoms with E-state index in [4.69, 9.17) is 4.74 Å². The van der Waals surface area contributed by atoms with Crippen LogP contribution in [-0.2, 0) is 15.8 Å². The van der Waals surface area contributed by atoms with E-state index in [1.54, 1.807) is 31.2 Å². The molecule has 2 aromatic carbocycles. The van der Waals surface area contributed by atoms with Gasteiger partial charge in [-0.15, -0.1) is 0 Å². The summed E-state index contributed by atoms with van der Waals surface area (Å²) in [5, 5.41) is 2.73. The van der Waals surface area contributed by atoms with E-state index in [-0.39, 0.29) is 23.5 Å². The fourth-order valence-electron chi connectivity index (χ4n) is 3.10. The molecule has 2 aromatic rings. The Morgan fingerprint density at radius 3 is 2.30 bits per heavy atom. The van der Waals surface area contributed by atoms with Crippen molar-refractivity contribution in [2.24, 2.45) is 0 Å². The second-order valence-corrected chi connectivity index (χ2v) is 6.68. The number of hydrogen-bond donors (Lipinski definition) is 1. The van der Waals surface area contributed by atoms with Crippen molar-refractivity contribution in [1.82, 2.24) is 4.90 Å². The lowest BCUT2D eigenvalue weighted by molar-refractivity contribution is -0.138. The number of likely N-dealkylation sites (N-methyl/N-ethyl adjacent to an activating group) is 1. The SMILES string of the molecule is CCCOc1ccc(C2=C(Nc3cccc(C(F)(F)F)c3)C(=O)N(CC)C2=O)cc1. The van der Waals surface area contributed by atoms with Gasteiger partial charge in [-0.2, -0.15) is 13.2 Å². The van der Waals surface area contributed by atoms with Gasteiger partial charge in [0.15, 0.2) is 0 Å². The van der Waals surface area contributed by atoms with Gasteiger partial charge in [0.2, 0.25) is 0 Å². The first kappa shape index (κ1) is 21.4. The molecule has 158 valence electrons. The highest BCUT2D eigenvalue weighted by atomic mass is 19.4. The second-order valence-electron chi connectivity index (χ2n) is 6.68. The van der Waals surface area contributed by atoms with Crippen LogP contribution < -0.4 is 10.1 Å². The van der Waals surface area contributed by atoms with Gasteiger partial charge in [-0.05, 0) is 49.2 Å². The van der Waals surface area contributed by atoms with Crippen LogP contribution in [0, 0.1) is 0 Å². The van der Waals surface area contributed by atoms with E-state index in [9.17, 15) is 22.8 Å². The molecule has 1 aliphatic heterocycles. The number of alkyl halides is 3. The number of imide groups is 1. The van der Waals surface area contributed by atoms with Crippen molar-refractivity contribution in [3.05, 3.63) is 65.4 Å². The van der Waals surface area contributed by atoms with Gasteiger partial charge in [0, 0.05) is 12.2 Å². The fraction of sp³-hybridized carbons (Fsp3) is 0.273. The molecule has 30 heavy (non-hydrogen) atoms. The van der Waals surface area contributed by atoms with Crippen LogP contribution in [0.3, 0.4) is 0 Å². The average Bonchev–Trinajstić information content (AvgIpc) is 2.95. The number of rotatable bonds is 7. The summed E-state index contributed by atoms with van der Waals surface area (Å²) in [5.41, 5.74) is -0.247. The van der Waals surface area contributed by atoms with Crippen LogP contribution in [0.15, 0.2) is 54.2 Å². The molecule has 0 atom stereocenters. The van der Waals surface area contributed by atoms with E-state index < -0.39 is 23.6 Å². The highest BCUT2D eigenvalue weighted by Crippen LogP contribution is 2.34. The van der Waals surface area contributed by atoms with Crippen molar-refractivity contribution >= 4 is 23.1 Å². The molecular formula is C22H21F3N2O3. The van der Waals surface area contributed by atoms with Gasteiger partial charge in [0.1, 0.15) is 11.4 Å². The molecule has 1 N–H and O–H groups in total. The zero-order valence-electron chi connectivity index (χ0n) is 16.5. The van der Waals surface area contributed by atoms with Crippen molar-refractivity contribution in [3.8, 4) is 5.75 Å². The maximum atomic E-state index is 13.0. The number of amides is 2. The zero-order valence-corrected chi connectivity index (χ0v) is 16.5. The number of carbonyl (C=O) groups excluding carboxylic acids is 2. The van der Waals surface area contributed by atoms with Gasteiger partial charge in [0.25, 0.3) is 11.8 Å². The molecule has 3 rings (SSSR count). The zero-order chi connectivity index (χ0) is 21.9. The highest BCUT2D eigenvalue weighted by molar-refractivity contribution is 6.36. The molecule has 5 nitrogen and oxygen atoms in total. The third kappa shape index (κ3) is 4.32. The largest absolute Gasteiger partial charge is 0.494 e. The van der Waals surface area contributed by atoms with Crippen molar-refractivity contribution in [2.75, 3.05) is 18.5 Å². The van der Waals surface area contributed by atoms with Crippen molar-refractivity contribution in [2.45, 2.75) is 26.4 Å². The third-order valence-electron chi connectivity index (χ3n) is 4.56. The Labute approximate surface area is 172 Å². The van der Waals surface area contributed by atoms with Crippen LogP contribution in [-0.4, -0.2) is 29.9 Å². The van der Waals surface area contributed by atoms with Crippen LogP contribution in [0.25, 0.3) is 5.57 Å². The maximum Gasteiger partial charge on any atom is 0.416 e. The summed E-state index contributed by atoms with van der Waals surface area (Å²) in [6.07, 6.45) is -3.68. The van der Waals surface area contributed by atoms with E-state index in [0.717, 1.165) is 23.5 Å². The van der Waals surface area contributed by atoms with Crippen LogP contribution in [0.1, 0.15) is 31.4 Å². The quantitative estimate of drug-likeness (QED) is 0.662. The molecule has 8 heteroatoms. The lowest BCUT2D eigenvalue weighted by atomic mass is 10.0. The molecule has 0 radical (unpaired) electrons. The maximum absolute atomic E-state index is 13.0. The number of nitrogens with one attached hydrogen (secondary N) is 1. The lowest BCUT2D eigenvalue weighted by Crippen LogP contribution is -2.32. The summed E-state index contributed by atoms with van der Waals surface area (Å²) in [6, 6.07) is 11.2. The summed E-state index contributed by atoms with van der Waals surface area (Å²) >= 11 is 0. The summed E-state index contributed by atoms with van der Waals surface area (Å²) in [5.74, 6) is -0.460. The van der Waals surface area contributed by atoms with Gasteiger partial charge in [-0.3, -0.25) is 14.5 Å². The Morgan fingerprint density at radius 1 is 1.00 bits per heavy atom. The average molecular weight is 418 g/mol. The summed E-state index contributed by atoms with van der Waals surface area (Å²) in [6.45, 7) is 4.33. The lowest BCUT2D eigenvalue weighted by Gasteiger charge is -2.13. The minimum Gasteiger partial charge on any atom is -0.494 e. The Balaban J connectivity index is 2.00. The van der Waals surface area contributed by atoms with Crippen LogP contribution in [0.5, 0.6) is 5.75 Å². The molecule has 0 saturated heterocycles. The molecular weight excluding hydrogens is 397 g/mol. The first-order chi connectivity index (χ1) is 14.3. The molecule has 1 heterocycles. The third-order valence-corrected chi connectivity index (χ3v) is 4.56. The Morgan fingerprint density at radius 2 is 1.70 bits per heavy atom. The number of benzene rings is 2. The number of carbonyl (C=O) groups is 2. The predicted molar refractivity (Wildman–Crippen MR) is 107 cm³/mol. The molecule has 1 aliphatic rings. The molecule has 0 bridgehead atoms. The predicted octanol–water partition coefficient (Wildman–Crippen LogP) is 4.71. The number of halogens is 3. The molecule has 0 spiro atoms. The fourth-order valence-corrected chi connectivity index (χ4v) is 3.10. The van der Waals surface area contributed by atoms with Gasteiger partial charge >= 0.3 is 6.18 Å². The van der Waals surface area contributed by atoms with Crippen LogP contribution >= 0.6 is 0 Å². The Bertz CT molecular complexity index is 982. The number of anilines is 1. The van der Waals surface area contributed by atoms with Crippen molar-refractivity contribution in [3.63, 3.8) is 0 Å². The van der Waals surface area contributed by atoms with Gasteiger partial charge < -0.3 is 10.1 Å². The summed E-state index contributed by atoms with van der Waals surface area (Å²) in [4.78, 5) is 26.6. The van der Waals surface area contributed by atoms with E-state index >= 15 is 0 Å². The minimum absolute atomic E-state index is 0.0524. The first-order valence-electron chi connectivity index (χ1n) is 9.54. The summed E-state index contributed by atoms with van der Waals surface area (Å²) in [7, 11) is 0. The molecule has 2 amide bonds. The van der Waals surface area contributed by atoms with Gasteiger partial charge in [0.05, 0.1) is 17.7 Å². The molecule has 0 aliphatic carbocycles. The van der Waals surface area contributed by atoms with Gasteiger partial charge in [-0.25, -0.2) is 0 Å². The summed E-state index contributed by atoms with van der Waals surface area (Å²) < 4.78 is 44.6. The number of ether oxygens (including phenoxy) is 1. The van der Waals surface area contributed by atoms with Gasteiger partial charge in [-0.1, -0.05) is 25.1 Å². The molecule has 0 aromatic heterocycles. The molecule has 0 unspecified atom stereocenters. The highest BCUT2D eigenvalue weighted by Gasteiger charge is 2.38. The number of nitrogens with zero attached hydrogens (tertiary/aromatic N) is 1. The smallest absolute Gasteiger partial charge is 0.416 e. The second kappa shape index (κ2) is 8.61. The van der Waals surface area contributed by atoms with E-state index in [1.165, 1.54) is 12.1 Å². The Hall–Kier alpha value is -3.29. The van der Waals surface area contributed by atoms with Crippen LogP contribution in [0.4, 0.5) is 18.9 Å². The van der Waals surface area contributed by atoms with Crippen molar-refractivity contribution < 1.29 is 27.5 Å². The number of hydrogen-bond acceptors (Lipinski definition) is 4. The molecule has 0 saturated carbocycles. The minimum atomic E-state index is -4.52. The normalized spacial score (nSPS) is 14.5. The first-order valence-corrected chi connectivity index (χ1v) is 9.54. The monoisotopic (exact) mass is 418 g/mol. The molecule has 0 fully saturated rings. The Kier molecular flexibility index (Phi) is 6.14. The van der Waals surface area contributed by atoms with Crippen molar-refractivity contribution in [1.29, 1.82) is 0 Å². The van der Waals surface area contributed by atoms with E-state index in [2.05, 4.69) is 5.32 Å². The van der Waals surface area contributed by atoms with Crippen LogP contribution in [0.2, 0.25) is 0 Å². The topological polar surface area (TPSA) is 58.6 Å².